The molecule has 0 bridgehead atoms. The van der Waals surface area contributed by atoms with E-state index in [1.165, 1.54) is 23.8 Å². The number of esters is 1. The van der Waals surface area contributed by atoms with Crippen molar-refractivity contribution in [1.29, 1.82) is 0 Å². The Balaban J connectivity index is 1.49. The number of carbonyl (C=O) groups is 1. The molecule has 1 aliphatic carbocycles. The third-order valence-corrected chi connectivity index (χ3v) is 5.92. The zero-order chi connectivity index (χ0) is 18.6. The van der Waals surface area contributed by atoms with E-state index < -0.39 is 5.97 Å². The highest BCUT2D eigenvalue weighted by atomic mass is 16.6. The molecule has 0 saturated heterocycles. The number of nitrogens with zero attached hydrogens (tertiary/aromatic N) is 2. The molecule has 3 atom stereocenters. The molecule has 27 heavy (non-hydrogen) atoms. The van der Waals surface area contributed by atoms with Gasteiger partial charge in [-0.3, -0.25) is 0 Å². The minimum Gasteiger partial charge on any atom is -0.493 e. The van der Waals surface area contributed by atoms with Crippen LogP contribution in [0, 0.1) is 0 Å². The summed E-state index contributed by atoms with van der Waals surface area (Å²) >= 11 is 0. The largest absolute Gasteiger partial charge is 0.493 e. The topological polar surface area (TPSA) is 76.7 Å². The summed E-state index contributed by atoms with van der Waals surface area (Å²) in [6.45, 7) is 0.946. The normalized spacial score (nSPS) is 27.6. The average molecular weight is 367 g/mol. The fraction of sp³-hybridized carbons (Fsp3) is 0.400. The number of aromatic nitrogens is 2. The number of carbonyl (C=O) groups excluding carboxylic acids is 1. The quantitative estimate of drug-likeness (QED) is 0.663. The summed E-state index contributed by atoms with van der Waals surface area (Å²) in [7, 11) is 3.76. The zero-order valence-electron chi connectivity index (χ0n) is 15.3. The number of ether oxygens (including phenoxy) is 3. The number of benzene rings is 1. The third kappa shape index (κ3) is 2.27. The predicted molar refractivity (Wildman–Crippen MR) is 98.5 cm³/mol. The second kappa shape index (κ2) is 5.77. The molecule has 1 spiro atoms. The van der Waals surface area contributed by atoms with E-state index >= 15 is 0 Å². The van der Waals surface area contributed by atoms with Gasteiger partial charge in [0, 0.05) is 31.3 Å². The number of nitrogens with one attached hydrogen (secondary N) is 1. The Bertz CT molecular complexity index is 924. The first-order chi connectivity index (χ1) is 13.1. The highest BCUT2D eigenvalue weighted by Crippen LogP contribution is 2.58. The van der Waals surface area contributed by atoms with Crippen molar-refractivity contribution in [3.63, 3.8) is 0 Å². The SMILES string of the molecule is COc1ccc2c3c1OC1C[C@@H](OC(=O)c4cnc[nH]4)C=C[C@@]31CCN2C. The summed E-state index contributed by atoms with van der Waals surface area (Å²) in [5.41, 5.74) is 2.53. The first-order valence-corrected chi connectivity index (χ1v) is 9.10. The summed E-state index contributed by atoms with van der Waals surface area (Å²) in [5, 5.41) is 0. The summed E-state index contributed by atoms with van der Waals surface area (Å²) in [6, 6.07) is 4.06. The lowest BCUT2D eigenvalue weighted by Crippen LogP contribution is -2.47. The van der Waals surface area contributed by atoms with E-state index in [2.05, 4.69) is 34.1 Å². The van der Waals surface area contributed by atoms with Crippen LogP contribution in [0.25, 0.3) is 0 Å². The number of rotatable bonds is 3. The Morgan fingerprint density at radius 2 is 2.33 bits per heavy atom. The third-order valence-electron chi connectivity index (χ3n) is 5.92. The molecule has 0 radical (unpaired) electrons. The second-order valence-electron chi connectivity index (χ2n) is 7.31. The van der Waals surface area contributed by atoms with Gasteiger partial charge in [-0.25, -0.2) is 9.78 Å². The van der Waals surface area contributed by atoms with E-state index in [-0.39, 0.29) is 17.6 Å². The number of methoxy groups -OCH3 is 1. The maximum atomic E-state index is 12.2. The number of hydrogen-bond acceptors (Lipinski definition) is 6. The molecule has 2 aliphatic heterocycles. The lowest BCUT2D eigenvalue weighted by molar-refractivity contribution is 0.0216. The van der Waals surface area contributed by atoms with E-state index in [9.17, 15) is 4.79 Å². The van der Waals surface area contributed by atoms with Crippen LogP contribution in [-0.2, 0) is 10.2 Å². The summed E-state index contributed by atoms with van der Waals surface area (Å²) < 4.78 is 17.6. The van der Waals surface area contributed by atoms with Gasteiger partial charge in [-0.1, -0.05) is 6.08 Å². The van der Waals surface area contributed by atoms with Gasteiger partial charge in [0.2, 0.25) is 0 Å². The molecule has 0 fully saturated rings. The molecule has 5 rings (SSSR count). The van der Waals surface area contributed by atoms with Crippen LogP contribution >= 0.6 is 0 Å². The predicted octanol–water partition coefficient (Wildman–Crippen LogP) is 2.44. The Labute approximate surface area is 156 Å². The first kappa shape index (κ1) is 16.2. The fourth-order valence-electron chi connectivity index (χ4n) is 4.52. The van der Waals surface area contributed by atoms with E-state index in [0.717, 1.165) is 24.5 Å². The highest BCUT2D eigenvalue weighted by molar-refractivity contribution is 5.87. The van der Waals surface area contributed by atoms with E-state index in [0.29, 0.717) is 12.1 Å². The minimum atomic E-state index is -0.407. The lowest BCUT2D eigenvalue weighted by atomic mass is 9.67. The summed E-state index contributed by atoms with van der Waals surface area (Å²) in [6.07, 6.45) is 8.25. The minimum absolute atomic E-state index is 0.0826. The standard InChI is InChI=1S/C20H21N3O4/c1-23-8-7-20-6-5-12(26-19(24)13-10-21-11-22-13)9-16(20)27-18-15(25-2)4-3-14(23)17(18)20/h3-6,10-12,16H,7-9H2,1-2H3,(H,21,22)/t12-,16?,20-/m0/s1. The lowest BCUT2D eigenvalue weighted by Gasteiger charge is -2.42. The van der Waals surface area contributed by atoms with Gasteiger partial charge in [0.1, 0.15) is 17.9 Å². The Kier molecular flexibility index (Phi) is 3.47. The molecular formula is C20H21N3O4. The average Bonchev–Trinajstić information content (AvgIpc) is 3.32. The van der Waals surface area contributed by atoms with Crippen molar-refractivity contribution >= 4 is 11.7 Å². The molecule has 140 valence electrons. The molecular weight excluding hydrogens is 346 g/mol. The van der Waals surface area contributed by atoms with Crippen molar-refractivity contribution in [3.05, 3.63) is 48.1 Å². The molecule has 0 amide bonds. The molecule has 1 unspecified atom stereocenters. The van der Waals surface area contributed by atoms with E-state index in [1.54, 1.807) is 7.11 Å². The maximum absolute atomic E-state index is 12.2. The van der Waals surface area contributed by atoms with Crippen LogP contribution in [0.1, 0.15) is 28.9 Å². The van der Waals surface area contributed by atoms with Crippen molar-refractivity contribution in [1.82, 2.24) is 9.97 Å². The molecule has 1 N–H and O–H groups in total. The van der Waals surface area contributed by atoms with Gasteiger partial charge in [-0.05, 0) is 24.6 Å². The van der Waals surface area contributed by atoms with Crippen molar-refractivity contribution in [2.24, 2.45) is 0 Å². The van der Waals surface area contributed by atoms with E-state index in [4.69, 9.17) is 14.2 Å². The van der Waals surface area contributed by atoms with Crippen LogP contribution in [0.3, 0.4) is 0 Å². The Morgan fingerprint density at radius 3 is 3.11 bits per heavy atom. The van der Waals surface area contributed by atoms with Gasteiger partial charge in [0.15, 0.2) is 11.5 Å². The van der Waals surface area contributed by atoms with Gasteiger partial charge >= 0.3 is 5.97 Å². The summed E-state index contributed by atoms with van der Waals surface area (Å²) in [4.78, 5) is 21.2. The summed E-state index contributed by atoms with van der Waals surface area (Å²) in [5.74, 6) is 1.16. The molecule has 1 aromatic carbocycles. The number of imidazole rings is 1. The van der Waals surface area contributed by atoms with Gasteiger partial charge in [0.25, 0.3) is 0 Å². The molecule has 1 aromatic heterocycles. The van der Waals surface area contributed by atoms with Crippen LogP contribution in [0.4, 0.5) is 5.69 Å². The number of anilines is 1. The van der Waals surface area contributed by atoms with Gasteiger partial charge < -0.3 is 24.1 Å². The van der Waals surface area contributed by atoms with Crippen LogP contribution < -0.4 is 14.4 Å². The van der Waals surface area contributed by atoms with Crippen LogP contribution in [-0.4, -0.2) is 48.8 Å². The van der Waals surface area contributed by atoms with Crippen LogP contribution in [0.5, 0.6) is 11.5 Å². The van der Waals surface area contributed by atoms with Crippen molar-refractivity contribution in [2.75, 3.05) is 25.6 Å². The number of H-pyrrole nitrogens is 1. The molecule has 0 saturated carbocycles. The van der Waals surface area contributed by atoms with E-state index in [1.807, 2.05) is 12.1 Å². The monoisotopic (exact) mass is 367 g/mol. The second-order valence-corrected chi connectivity index (χ2v) is 7.31. The molecule has 3 aliphatic rings. The maximum Gasteiger partial charge on any atom is 0.356 e. The van der Waals surface area contributed by atoms with Crippen molar-refractivity contribution in [3.8, 4) is 11.5 Å². The molecule has 7 heteroatoms. The van der Waals surface area contributed by atoms with Crippen LogP contribution in [0.2, 0.25) is 0 Å². The van der Waals surface area contributed by atoms with Gasteiger partial charge in [-0.2, -0.15) is 0 Å². The number of hydrogen-bond donors (Lipinski definition) is 1. The molecule has 7 nitrogen and oxygen atoms in total. The van der Waals surface area contributed by atoms with Crippen molar-refractivity contribution < 1.29 is 19.0 Å². The number of aromatic amines is 1. The Hall–Kier alpha value is -2.96. The zero-order valence-corrected chi connectivity index (χ0v) is 15.3. The van der Waals surface area contributed by atoms with Crippen LogP contribution in [0.15, 0.2) is 36.8 Å². The molecule has 2 aromatic rings. The fourth-order valence-corrected chi connectivity index (χ4v) is 4.52. The first-order valence-electron chi connectivity index (χ1n) is 9.10. The smallest absolute Gasteiger partial charge is 0.356 e. The molecule has 3 heterocycles. The van der Waals surface area contributed by atoms with Gasteiger partial charge in [0.05, 0.1) is 25.0 Å². The van der Waals surface area contributed by atoms with Crippen molar-refractivity contribution in [2.45, 2.75) is 30.5 Å². The highest BCUT2D eigenvalue weighted by Gasteiger charge is 2.54. The Morgan fingerprint density at radius 1 is 1.44 bits per heavy atom. The van der Waals surface area contributed by atoms with Gasteiger partial charge in [-0.15, -0.1) is 0 Å².